The molecule has 24 heavy (non-hydrogen) atoms. The van der Waals surface area contributed by atoms with Gasteiger partial charge in [-0.3, -0.25) is 9.69 Å². The molecule has 2 aromatic rings. The predicted molar refractivity (Wildman–Crippen MR) is 88.2 cm³/mol. The van der Waals surface area contributed by atoms with E-state index in [-0.39, 0.29) is 5.56 Å². The molecule has 3 rings (SSSR count). The molecule has 1 fully saturated rings. The lowest BCUT2D eigenvalue weighted by molar-refractivity contribution is -0.125. The van der Waals surface area contributed by atoms with Crippen molar-refractivity contribution in [3.63, 3.8) is 0 Å². The normalized spacial score (nSPS) is 17.6. The predicted octanol–water partition coefficient (Wildman–Crippen LogP) is 2.98. The fraction of sp³-hybridized carbons (Fsp3) is 0.316. The molecule has 2 aromatic carbocycles. The van der Waals surface area contributed by atoms with Crippen molar-refractivity contribution in [3.05, 3.63) is 71.3 Å². The molecule has 1 aliphatic heterocycles. The molecule has 0 atom stereocenters. The SMILES string of the molecule is NC(=O)C1(c2cc(F)ccc2F)CCN(Cc2ccccc2)CC1. The van der Waals surface area contributed by atoms with Crippen molar-refractivity contribution in [2.45, 2.75) is 24.8 Å². The third-order valence-corrected chi connectivity index (χ3v) is 4.87. The first-order valence-electron chi connectivity index (χ1n) is 8.03. The number of rotatable bonds is 4. The summed E-state index contributed by atoms with van der Waals surface area (Å²) in [6, 6.07) is 13.2. The minimum atomic E-state index is -1.14. The van der Waals surface area contributed by atoms with Crippen LogP contribution in [0.1, 0.15) is 24.0 Å². The number of carbonyl (C=O) groups excluding carboxylic acids is 1. The molecule has 1 amide bonds. The van der Waals surface area contributed by atoms with Gasteiger partial charge in [-0.05, 0) is 49.7 Å². The maximum Gasteiger partial charge on any atom is 0.228 e. The number of hydrogen-bond acceptors (Lipinski definition) is 2. The molecule has 3 nitrogen and oxygen atoms in total. The Kier molecular flexibility index (Phi) is 4.62. The van der Waals surface area contributed by atoms with Crippen LogP contribution >= 0.6 is 0 Å². The van der Waals surface area contributed by atoms with Crippen molar-refractivity contribution in [2.24, 2.45) is 5.73 Å². The summed E-state index contributed by atoms with van der Waals surface area (Å²) in [6.45, 7) is 1.98. The second-order valence-electron chi connectivity index (χ2n) is 6.33. The minimum Gasteiger partial charge on any atom is -0.369 e. The fourth-order valence-electron chi connectivity index (χ4n) is 3.45. The first kappa shape index (κ1) is 16.6. The zero-order valence-electron chi connectivity index (χ0n) is 13.3. The van der Waals surface area contributed by atoms with Gasteiger partial charge in [0.2, 0.25) is 5.91 Å². The van der Waals surface area contributed by atoms with Crippen molar-refractivity contribution in [1.29, 1.82) is 0 Å². The third kappa shape index (κ3) is 3.17. The second-order valence-corrected chi connectivity index (χ2v) is 6.33. The molecular formula is C19H20F2N2O. The van der Waals surface area contributed by atoms with Crippen LogP contribution in [-0.2, 0) is 16.8 Å². The van der Waals surface area contributed by atoms with Gasteiger partial charge in [0.1, 0.15) is 11.6 Å². The molecule has 2 N–H and O–H groups in total. The van der Waals surface area contributed by atoms with Gasteiger partial charge in [0.05, 0.1) is 5.41 Å². The summed E-state index contributed by atoms with van der Waals surface area (Å²) in [5.74, 6) is -1.73. The number of nitrogens with zero attached hydrogens (tertiary/aromatic N) is 1. The summed E-state index contributed by atoms with van der Waals surface area (Å²) < 4.78 is 27.8. The molecule has 0 spiro atoms. The molecule has 0 bridgehead atoms. The van der Waals surface area contributed by atoms with Gasteiger partial charge in [-0.1, -0.05) is 30.3 Å². The monoisotopic (exact) mass is 330 g/mol. The summed E-state index contributed by atoms with van der Waals surface area (Å²) in [6.07, 6.45) is 0.769. The van der Waals surface area contributed by atoms with Gasteiger partial charge in [-0.2, -0.15) is 0 Å². The van der Waals surface area contributed by atoms with Crippen LogP contribution in [0, 0.1) is 11.6 Å². The van der Waals surface area contributed by atoms with E-state index in [0.29, 0.717) is 25.9 Å². The zero-order valence-corrected chi connectivity index (χ0v) is 13.3. The highest BCUT2D eigenvalue weighted by Gasteiger charge is 2.43. The molecular weight excluding hydrogens is 310 g/mol. The third-order valence-electron chi connectivity index (χ3n) is 4.87. The van der Waals surface area contributed by atoms with Crippen LogP contribution in [-0.4, -0.2) is 23.9 Å². The molecule has 0 radical (unpaired) electrons. The van der Waals surface area contributed by atoms with Crippen LogP contribution in [0.15, 0.2) is 48.5 Å². The Morgan fingerprint density at radius 3 is 2.38 bits per heavy atom. The van der Waals surface area contributed by atoms with E-state index in [1.807, 2.05) is 30.3 Å². The molecule has 0 aliphatic carbocycles. The van der Waals surface area contributed by atoms with Crippen molar-refractivity contribution in [3.8, 4) is 0 Å². The molecule has 5 heteroatoms. The van der Waals surface area contributed by atoms with Crippen molar-refractivity contribution >= 4 is 5.91 Å². The number of piperidine rings is 1. The maximum atomic E-state index is 14.2. The van der Waals surface area contributed by atoms with Crippen LogP contribution in [0.2, 0.25) is 0 Å². The lowest BCUT2D eigenvalue weighted by Crippen LogP contribution is -2.50. The largest absolute Gasteiger partial charge is 0.369 e. The Morgan fingerprint density at radius 2 is 1.75 bits per heavy atom. The van der Waals surface area contributed by atoms with Crippen molar-refractivity contribution in [2.75, 3.05) is 13.1 Å². The van der Waals surface area contributed by atoms with E-state index in [4.69, 9.17) is 5.73 Å². The van der Waals surface area contributed by atoms with Crippen molar-refractivity contribution in [1.82, 2.24) is 4.90 Å². The summed E-state index contributed by atoms with van der Waals surface area (Å²) in [4.78, 5) is 14.3. The summed E-state index contributed by atoms with van der Waals surface area (Å²) in [5.41, 5.74) is 5.72. The highest BCUT2D eigenvalue weighted by molar-refractivity contribution is 5.87. The maximum absolute atomic E-state index is 14.2. The first-order chi connectivity index (χ1) is 11.5. The summed E-state index contributed by atoms with van der Waals surface area (Å²) in [7, 11) is 0. The number of likely N-dealkylation sites (tertiary alicyclic amines) is 1. The van der Waals surface area contributed by atoms with E-state index >= 15 is 0 Å². The minimum absolute atomic E-state index is 0.0781. The highest BCUT2D eigenvalue weighted by Crippen LogP contribution is 2.37. The molecule has 1 aliphatic rings. The average Bonchev–Trinajstić information content (AvgIpc) is 2.59. The van der Waals surface area contributed by atoms with E-state index in [2.05, 4.69) is 4.90 Å². The molecule has 126 valence electrons. The van der Waals surface area contributed by atoms with Crippen LogP contribution in [0.5, 0.6) is 0 Å². The standard InChI is InChI=1S/C19H20F2N2O/c20-15-6-7-17(21)16(12-15)19(18(22)24)8-10-23(11-9-19)13-14-4-2-1-3-5-14/h1-7,12H,8-11,13H2,(H2,22,24). The van der Waals surface area contributed by atoms with Gasteiger partial charge in [-0.15, -0.1) is 0 Å². The van der Waals surface area contributed by atoms with Gasteiger partial charge < -0.3 is 5.73 Å². The zero-order chi connectivity index (χ0) is 17.2. The number of benzene rings is 2. The lowest BCUT2D eigenvalue weighted by atomic mass is 9.72. The van der Waals surface area contributed by atoms with Gasteiger partial charge in [-0.25, -0.2) is 8.78 Å². The summed E-state index contributed by atoms with van der Waals surface area (Å²) in [5, 5.41) is 0. The number of hydrogen-bond donors (Lipinski definition) is 1. The second kappa shape index (κ2) is 6.69. The van der Waals surface area contributed by atoms with Crippen molar-refractivity contribution < 1.29 is 13.6 Å². The van der Waals surface area contributed by atoms with E-state index in [1.165, 1.54) is 5.56 Å². The average molecular weight is 330 g/mol. The van der Waals surface area contributed by atoms with Crippen LogP contribution in [0.4, 0.5) is 8.78 Å². The van der Waals surface area contributed by atoms with Crippen LogP contribution in [0.3, 0.4) is 0 Å². The lowest BCUT2D eigenvalue weighted by Gasteiger charge is -2.40. The number of primary amides is 1. The van der Waals surface area contributed by atoms with Crippen LogP contribution in [0.25, 0.3) is 0 Å². The Hall–Kier alpha value is -2.27. The highest BCUT2D eigenvalue weighted by atomic mass is 19.1. The quantitative estimate of drug-likeness (QED) is 0.937. The Labute approximate surface area is 140 Å². The number of amides is 1. The molecule has 1 saturated heterocycles. The van der Waals surface area contributed by atoms with Gasteiger partial charge >= 0.3 is 0 Å². The van der Waals surface area contributed by atoms with Gasteiger partial charge in [0, 0.05) is 12.1 Å². The molecule has 0 unspecified atom stereocenters. The molecule has 0 aromatic heterocycles. The Morgan fingerprint density at radius 1 is 1.08 bits per heavy atom. The van der Waals surface area contributed by atoms with Gasteiger partial charge in [0.15, 0.2) is 0 Å². The summed E-state index contributed by atoms with van der Waals surface area (Å²) >= 11 is 0. The number of halogens is 2. The fourth-order valence-corrected chi connectivity index (χ4v) is 3.45. The molecule has 0 saturated carbocycles. The van der Waals surface area contributed by atoms with Gasteiger partial charge in [0.25, 0.3) is 0 Å². The van der Waals surface area contributed by atoms with E-state index in [0.717, 1.165) is 24.7 Å². The van der Waals surface area contributed by atoms with E-state index in [9.17, 15) is 13.6 Å². The number of carbonyl (C=O) groups is 1. The van der Waals surface area contributed by atoms with E-state index < -0.39 is 23.0 Å². The topological polar surface area (TPSA) is 46.3 Å². The Balaban J connectivity index is 1.80. The van der Waals surface area contributed by atoms with E-state index in [1.54, 1.807) is 0 Å². The Bertz CT molecular complexity index is 725. The van der Waals surface area contributed by atoms with Crippen LogP contribution < -0.4 is 5.73 Å². The molecule has 1 heterocycles. The first-order valence-corrected chi connectivity index (χ1v) is 8.03. The number of nitrogens with two attached hydrogens (primary N) is 1. The smallest absolute Gasteiger partial charge is 0.228 e.